The predicted octanol–water partition coefficient (Wildman–Crippen LogP) is 0.609. The molecule has 1 heterocycles. The molecule has 0 unspecified atom stereocenters. The van der Waals surface area contributed by atoms with Gasteiger partial charge in [-0.05, 0) is 26.8 Å². The van der Waals surface area contributed by atoms with E-state index in [1.165, 1.54) is 12.3 Å². The molecule has 2 N–H and O–H groups in total. The van der Waals surface area contributed by atoms with Crippen molar-refractivity contribution >= 4 is 11.9 Å². The van der Waals surface area contributed by atoms with Gasteiger partial charge >= 0.3 is 11.8 Å². The number of hydrogen-bond acceptors (Lipinski definition) is 5. The number of nitrogens with two attached hydrogens (primary N) is 1. The maximum absolute atomic E-state index is 11.5. The molecule has 0 aliphatic carbocycles. The standard InChI is InChI=1S/C9H13N3O3/c1-9(2,3)15-8(14)12-5-4-6(10)11-7(12)13/h4-5H,1-3H3,(H2,10,11,13). The first kappa shape index (κ1) is 11.2. The monoisotopic (exact) mass is 211 g/mol. The third-order valence-corrected chi connectivity index (χ3v) is 1.42. The van der Waals surface area contributed by atoms with Gasteiger partial charge in [0.15, 0.2) is 0 Å². The summed E-state index contributed by atoms with van der Waals surface area (Å²) in [6, 6.07) is 1.35. The van der Waals surface area contributed by atoms with Crippen molar-refractivity contribution in [3.8, 4) is 0 Å². The molecule has 0 fully saturated rings. The fourth-order valence-electron chi connectivity index (χ4n) is 0.866. The molecule has 0 radical (unpaired) electrons. The summed E-state index contributed by atoms with van der Waals surface area (Å²) in [5, 5.41) is 0. The van der Waals surface area contributed by atoms with Gasteiger partial charge in [-0.3, -0.25) is 0 Å². The minimum Gasteiger partial charge on any atom is -0.443 e. The second kappa shape index (κ2) is 3.72. The van der Waals surface area contributed by atoms with E-state index < -0.39 is 17.4 Å². The second-order valence-corrected chi connectivity index (χ2v) is 3.99. The van der Waals surface area contributed by atoms with Crippen molar-refractivity contribution in [2.45, 2.75) is 26.4 Å². The average Bonchev–Trinajstić information content (AvgIpc) is 1.99. The first-order chi connectivity index (χ1) is 6.79. The van der Waals surface area contributed by atoms with Crippen LogP contribution in [0, 0.1) is 0 Å². The highest BCUT2D eigenvalue weighted by molar-refractivity contribution is 5.70. The molecular weight excluding hydrogens is 198 g/mol. The quantitative estimate of drug-likeness (QED) is 0.679. The molecule has 82 valence electrons. The van der Waals surface area contributed by atoms with Crippen LogP contribution in [0.2, 0.25) is 0 Å². The summed E-state index contributed by atoms with van der Waals surface area (Å²) in [5.41, 5.74) is 3.88. The van der Waals surface area contributed by atoms with E-state index in [0.717, 1.165) is 4.57 Å². The molecule has 0 aromatic carbocycles. The minimum absolute atomic E-state index is 0.0693. The van der Waals surface area contributed by atoms with Crippen LogP contribution in [-0.4, -0.2) is 21.2 Å². The molecule has 0 spiro atoms. The molecule has 0 saturated carbocycles. The zero-order chi connectivity index (χ0) is 11.6. The van der Waals surface area contributed by atoms with Crippen LogP contribution in [0.3, 0.4) is 0 Å². The van der Waals surface area contributed by atoms with Gasteiger partial charge in [-0.1, -0.05) is 0 Å². The average molecular weight is 211 g/mol. The van der Waals surface area contributed by atoms with Gasteiger partial charge in [0.1, 0.15) is 11.4 Å². The number of carbonyl (C=O) groups excluding carboxylic acids is 1. The molecule has 0 saturated heterocycles. The Hall–Kier alpha value is -1.85. The summed E-state index contributed by atoms with van der Waals surface area (Å²) in [6.45, 7) is 5.13. The van der Waals surface area contributed by atoms with Crippen molar-refractivity contribution in [2.24, 2.45) is 0 Å². The van der Waals surface area contributed by atoms with Crippen LogP contribution < -0.4 is 11.4 Å². The number of hydrogen-bond donors (Lipinski definition) is 1. The lowest BCUT2D eigenvalue weighted by atomic mass is 10.2. The van der Waals surface area contributed by atoms with Crippen molar-refractivity contribution in [1.82, 2.24) is 9.55 Å². The number of anilines is 1. The van der Waals surface area contributed by atoms with Crippen molar-refractivity contribution in [1.29, 1.82) is 0 Å². The topological polar surface area (TPSA) is 87.2 Å². The molecule has 0 aliphatic rings. The SMILES string of the molecule is CC(C)(C)OC(=O)n1ccc(N)nc1=O. The van der Waals surface area contributed by atoms with Crippen LogP contribution in [0.4, 0.5) is 10.6 Å². The smallest absolute Gasteiger partial charge is 0.422 e. The molecule has 0 amide bonds. The van der Waals surface area contributed by atoms with Crippen LogP contribution in [0.1, 0.15) is 20.8 Å². The number of nitrogens with zero attached hydrogens (tertiary/aromatic N) is 2. The van der Waals surface area contributed by atoms with Gasteiger partial charge in [-0.25, -0.2) is 14.2 Å². The predicted molar refractivity (Wildman–Crippen MR) is 54.5 cm³/mol. The molecule has 6 heteroatoms. The normalized spacial score (nSPS) is 11.1. The molecule has 1 rings (SSSR count). The van der Waals surface area contributed by atoms with Gasteiger partial charge < -0.3 is 10.5 Å². The zero-order valence-electron chi connectivity index (χ0n) is 8.85. The van der Waals surface area contributed by atoms with E-state index in [4.69, 9.17) is 10.5 Å². The van der Waals surface area contributed by atoms with Gasteiger partial charge in [0.2, 0.25) is 0 Å². The lowest BCUT2D eigenvalue weighted by Gasteiger charge is -2.19. The van der Waals surface area contributed by atoms with Gasteiger partial charge in [0.05, 0.1) is 0 Å². The molecule has 1 aromatic rings. The number of nitrogen functional groups attached to an aromatic ring is 1. The number of carbonyl (C=O) groups is 1. The van der Waals surface area contributed by atoms with Crippen LogP contribution in [-0.2, 0) is 4.74 Å². The van der Waals surface area contributed by atoms with Gasteiger partial charge in [-0.2, -0.15) is 4.98 Å². The zero-order valence-corrected chi connectivity index (χ0v) is 8.85. The molecule has 1 aromatic heterocycles. The van der Waals surface area contributed by atoms with Crippen LogP contribution in [0.5, 0.6) is 0 Å². The lowest BCUT2D eigenvalue weighted by Crippen LogP contribution is -2.34. The molecule has 15 heavy (non-hydrogen) atoms. The first-order valence-corrected chi connectivity index (χ1v) is 4.38. The molecule has 6 nitrogen and oxygen atoms in total. The van der Waals surface area contributed by atoms with Gasteiger partial charge in [0, 0.05) is 6.20 Å². The Balaban J connectivity index is 2.98. The van der Waals surface area contributed by atoms with Crippen LogP contribution >= 0.6 is 0 Å². The van der Waals surface area contributed by atoms with Crippen LogP contribution in [0.25, 0.3) is 0 Å². The van der Waals surface area contributed by atoms with Gasteiger partial charge in [-0.15, -0.1) is 0 Å². The van der Waals surface area contributed by atoms with E-state index in [1.54, 1.807) is 20.8 Å². The highest BCUT2D eigenvalue weighted by Crippen LogP contribution is 2.07. The third-order valence-electron chi connectivity index (χ3n) is 1.42. The van der Waals surface area contributed by atoms with E-state index >= 15 is 0 Å². The molecular formula is C9H13N3O3. The van der Waals surface area contributed by atoms with E-state index in [2.05, 4.69) is 4.98 Å². The molecule has 0 bridgehead atoms. The second-order valence-electron chi connectivity index (χ2n) is 3.99. The minimum atomic E-state index is -0.764. The molecule has 0 aliphatic heterocycles. The summed E-state index contributed by atoms with van der Waals surface area (Å²) < 4.78 is 5.75. The Morgan fingerprint density at radius 2 is 2.13 bits per heavy atom. The summed E-state index contributed by atoms with van der Waals surface area (Å²) in [6.07, 6.45) is 0.471. The van der Waals surface area contributed by atoms with E-state index in [-0.39, 0.29) is 5.82 Å². The number of aromatic nitrogens is 2. The third kappa shape index (κ3) is 3.08. The summed E-state index contributed by atoms with van der Waals surface area (Å²) in [4.78, 5) is 26.1. The highest BCUT2D eigenvalue weighted by Gasteiger charge is 2.18. The number of rotatable bonds is 0. The maximum Gasteiger partial charge on any atom is 0.422 e. The Kier molecular flexibility index (Phi) is 2.78. The summed E-state index contributed by atoms with van der Waals surface area (Å²) in [7, 11) is 0. The van der Waals surface area contributed by atoms with Crippen molar-refractivity contribution < 1.29 is 9.53 Å². The maximum atomic E-state index is 11.5. The first-order valence-electron chi connectivity index (χ1n) is 4.38. The largest absolute Gasteiger partial charge is 0.443 e. The Labute approximate surface area is 86.7 Å². The Morgan fingerprint density at radius 1 is 1.53 bits per heavy atom. The summed E-state index contributed by atoms with van der Waals surface area (Å²) in [5.74, 6) is 0.0693. The van der Waals surface area contributed by atoms with E-state index in [0.29, 0.717) is 0 Å². The Morgan fingerprint density at radius 3 is 2.60 bits per heavy atom. The van der Waals surface area contributed by atoms with Crippen molar-refractivity contribution in [3.63, 3.8) is 0 Å². The van der Waals surface area contributed by atoms with E-state index in [1.807, 2.05) is 0 Å². The fraction of sp³-hybridized carbons (Fsp3) is 0.444. The van der Waals surface area contributed by atoms with E-state index in [9.17, 15) is 9.59 Å². The lowest BCUT2D eigenvalue weighted by molar-refractivity contribution is 0.0528. The number of ether oxygens (including phenoxy) is 1. The summed E-state index contributed by atoms with van der Waals surface area (Å²) >= 11 is 0. The fourth-order valence-corrected chi connectivity index (χ4v) is 0.866. The Bertz CT molecular complexity index is 431. The van der Waals surface area contributed by atoms with Crippen molar-refractivity contribution in [3.05, 3.63) is 22.7 Å². The van der Waals surface area contributed by atoms with Gasteiger partial charge in [0.25, 0.3) is 0 Å². The van der Waals surface area contributed by atoms with Crippen LogP contribution in [0.15, 0.2) is 17.1 Å². The molecule has 0 atom stereocenters. The van der Waals surface area contributed by atoms with Crippen molar-refractivity contribution in [2.75, 3.05) is 5.73 Å². The highest BCUT2D eigenvalue weighted by atomic mass is 16.6.